The van der Waals surface area contributed by atoms with Crippen LogP contribution >= 0.6 is 11.8 Å². The number of hydrogen-bond acceptors (Lipinski definition) is 4. The van der Waals surface area contributed by atoms with E-state index >= 15 is 0 Å². The molecule has 3 nitrogen and oxygen atoms in total. The Morgan fingerprint density at radius 2 is 2.10 bits per heavy atom. The molecule has 114 valence electrons. The maximum absolute atomic E-state index is 11.8. The first kappa shape index (κ1) is 14.9. The maximum Gasteiger partial charge on any atom is 0.309 e. The molecule has 1 unspecified atom stereocenters. The summed E-state index contributed by atoms with van der Waals surface area (Å²) in [4.78, 5) is 15.7. The highest BCUT2D eigenvalue weighted by molar-refractivity contribution is 7.99. The number of benzene rings is 1. The van der Waals surface area contributed by atoms with Crippen molar-refractivity contribution < 1.29 is 9.53 Å². The first-order valence-corrected chi connectivity index (χ1v) is 8.87. The van der Waals surface area contributed by atoms with E-state index in [4.69, 9.17) is 4.74 Å². The Hall–Kier alpha value is -1.00. The molecule has 3 rings (SSSR count). The number of likely N-dealkylation sites (tertiary alicyclic amines) is 1. The van der Waals surface area contributed by atoms with Crippen LogP contribution in [0.5, 0.6) is 0 Å². The molecule has 0 amide bonds. The fraction of sp³-hybridized carbons (Fsp3) is 0.588. The molecule has 1 aromatic rings. The second-order valence-corrected chi connectivity index (χ2v) is 6.93. The van der Waals surface area contributed by atoms with Crippen LogP contribution in [-0.2, 0) is 9.53 Å². The van der Waals surface area contributed by atoms with Crippen LogP contribution < -0.4 is 0 Å². The van der Waals surface area contributed by atoms with Crippen molar-refractivity contribution in [1.29, 1.82) is 0 Å². The SMILES string of the molecule is CCOC(=O)C1CCN(CC2CSc3ccccc32)CC1. The smallest absolute Gasteiger partial charge is 0.309 e. The van der Waals surface area contributed by atoms with Crippen LogP contribution in [0.4, 0.5) is 0 Å². The summed E-state index contributed by atoms with van der Waals surface area (Å²) < 4.78 is 5.14. The molecular formula is C17H23NO2S. The molecule has 2 aliphatic rings. The lowest BCUT2D eigenvalue weighted by atomic mass is 9.95. The van der Waals surface area contributed by atoms with E-state index in [2.05, 4.69) is 29.2 Å². The van der Waals surface area contributed by atoms with E-state index in [1.54, 1.807) is 0 Å². The van der Waals surface area contributed by atoms with Gasteiger partial charge in [0.05, 0.1) is 12.5 Å². The van der Waals surface area contributed by atoms with Gasteiger partial charge in [-0.05, 0) is 44.5 Å². The van der Waals surface area contributed by atoms with Gasteiger partial charge in [0.1, 0.15) is 0 Å². The van der Waals surface area contributed by atoms with Gasteiger partial charge in [0.25, 0.3) is 0 Å². The first-order chi connectivity index (χ1) is 10.3. The van der Waals surface area contributed by atoms with Gasteiger partial charge in [-0.25, -0.2) is 0 Å². The molecule has 1 aromatic carbocycles. The van der Waals surface area contributed by atoms with E-state index in [1.807, 2.05) is 18.7 Å². The number of esters is 1. The lowest BCUT2D eigenvalue weighted by Crippen LogP contribution is -2.39. The van der Waals surface area contributed by atoms with Crippen LogP contribution in [0.3, 0.4) is 0 Å². The quantitative estimate of drug-likeness (QED) is 0.799. The molecule has 0 spiro atoms. The highest BCUT2D eigenvalue weighted by atomic mass is 32.2. The molecule has 21 heavy (non-hydrogen) atoms. The lowest BCUT2D eigenvalue weighted by molar-refractivity contribution is -0.149. The van der Waals surface area contributed by atoms with Crippen molar-refractivity contribution in [2.24, 2.45) is 5.92 Å². The lowest BCUT2D eigenvalue weighted by Gasteiger charge is -2.32. The molecule has 0 saturated carbocycles. The summed E-state index contributed by atoms with van der Waals surface area (Å²) in [6, 6.07) is 8.77. The molecule has 0 aliphatic carbocycles. The summed E-state index contributed by atoms with van der Waals surface area (Å²) in [6.07, 6.45) is 1.89. The van der Waals surface area contributed by atoms with E-state index in [9.17, 15) is 4.79 Å². The molecule has 0 radical (unpaired) electrons. The minimum absolute atomic E-state index is 0.00100. The number of fused-ring (bicyclic) bond motifs is 1. The van der Waals surface area contributed by atoms with Crippen molar-refractivity contribution in [3.63, 3.8) is 0 Å². The largest absolute Gasteiger partial charge is 0.466 e. The van der Waals surface area contributed by atoms with Crippen molar-refractivity contribution in [3.05, 3.63) is 29.8 Å². The van der Waals surface area contributed by atoms with Gasteiger partial charge in [0, 0.05) is 23.1 Å². The number of rotatable bonds is 4. The Balaban J connectivity index is 1.51. The van der Waals surface area contributed by atoms with Crippen molar-refractivity contribution in [3.8, 4) is 0 Å². The van der Waals surface area contributed by atoms with Crippen LogP contribution in [-0.4, -0.2) is 42.9 Å². The Kier molecular flexibility index (Phi) is 4.86. The highest BCUT2D eigenvalue weighted by Gasteiger charge is 2.29. The monoisotopic (exact) mass is 305 g/mol. The minimum atomic E-state index is -0.00100. The first-order valence-electron chi connectivity index (χ1n) is 7.88. The standard InChI is InChI=1S/C17H23NO2S/c1-2-20-17(19)13-7-9-18(10-8-13)11-14-12-21-16-6-4-3-5-15(14)16/h3-6,13-14H,2,7-12H2,1H3. The summed E-state index contributed by atoms with van der Waals surface area (Å²) in [6.45, 7) is 5.54. The van der Waals surface area contributed by atoms with Gasteiger partial charge in [0.15, 0.2) is 0 Å². The van der Waals surface area contributed by atoms with Crippen LogP contribution in [0.15, 0.2) is 29.2 Å². The zero-order chi connectivity index (χ0) is 14.7. The molecule has 0 aromatic heterocycles. The average molecular weight is 305 g/mol. The maximum atomic E-state index is 11.8. The number of ether oxygens (including phenoxy) is 1. The second-order valence-electron chi connectivity index (χ2n) is 5.87. The van der Waals surface area contributed by atoms with E-state index in [0.717, 1.165) is 32.5 Å². The van der Waals surface area contributed by atoms with Crippen LogP contribution in [0.25, 0.3) is 0 Å². The minimum Gasteiger partial charge on any atom is -0.466 e. The molecule has 4 heteroatoms. The zero-order valence-electron chi connectivity index (χ0n) is 12.6. The summed E-state index contributed by atoms with van der Waals surface area (Å²) in [5.41, 5.74) is 1.51. The Bertz CT molecular complexity index is 497. The zero-order valence-corrected chi connectivity index (χ0v) is 13.4. The van der Waals surface area contributed by atoms with E-state index in [-0.39, 0.29) is 11.9 Å². The summed E-state index contributed by atoms with van der Waals surface area (Å²) in [5.74, 6) is 1.95. The Labute approximate surface area is 131 Å². The number of carbonyl (C=O) groups is 1. The molecule has 2 aliphatic heterocycles. The van der Waals surface area contributed by atoms with Gasteiger partial charge in [-0.2, -0.15) is 0 Å². The molecule has 0 N–H and O–H groups in total. The van der Waals surface area contributed by atoms with Crippen molar-refractivity contribution >= 4 is 17.7 Å². The van der Waals surface area contributed by atoms with Gasteiger partial charge in [-0.1, -0.05) is 18.2 Å². The van der Waals surface area contributed by atoms with Crippen molar-refractivity contribution in [2.45, 2.75) is 30.6 Å². The van der Waals surface area contributed by atoms with Crippen LogP contribution in [0.1, 0.15) is 31.2 Å². The van der Waals surface area contributed by atoms with Gasteiger partial charge < -0.3 is 9.64 Å². The summed E-state index contributed by atoms with van der Waals surface area (Å²) >= 11 is 1.98. The summed E-state index contributed by atoms with van der Waals surface area (Å²) in [5, 5.41) is 0. The highest BCUT2D eigenvalue weighted by Crippen LogP contribution is 2.39. The van der Waals surface area contributed by atoms with Gasteiger partial charge >= 0.3 is 5.97 Å². The number of carbonyl (C=O) groups excluding carboxylic acids is 1. The number of piperidine rings is 1. The van der Waals surface area contributed by atoms with Gasteiger partial charge in [0.2, 0.25) is 0 Å². The number of nitrogens with zero attached hydrogens (tertiary/aromatic N) is 1. The van der Waals surface area contributed by atoms with E-state index in [1.165, 1.54) is 16.2 Å². The fourth-order valence-electron chi connectivity index (χ4n) is 3.30. The van der Waals surface area contributed by atoms with Gasteiger partial charge in [-0.3, -0.25) is 4.79 Å². The fourth-order valence-corrected chi connectivity index (χ4v) is 4.55. The van der Waals surface area contributed by atoms with Crippen molar-refractivity contribution in [2.75, 3.05) is 32.0 Å². The van der Waals surface area contributed by atoms with E-state index < -0.39 is 0 Å². The Morgan fingerprint density at radius 1 is 1.33 bits per heavy atom. The summed E-state index contributed by atoms with van der Waals surface area (Å²) in [7, 11) is 0. The van der Waals surface area contributed by atoms with Crippen molar-refractivity contribution in [1.82, 2.24) is 4.90 Å². The van der Waals surface area contributed by atoms with Crippen LogP contribution in [0, 0.1) is 5.92 Å². The molecule has 1 saturated heterocycles. The molecule has 1 atom stereocenters. The third-order valence-corrected chi connectivity index (χ3v) is 5.74. The molecule has 2 heterocycles. The predicted octanol–water partition coefficient (Wildman–Crippen LogP) is 3.15. The molecular weight excluding hydrogens is 282 g/mol. The average Bonchev–Trinajstić information content (AvgIpc) is 2.92. The predicted molar refractivity (Wildman–Crippen MR) is 85.7 cm³/mol. The van der Waals surface area contributed by atoms with Crippen LogP contribution in [0.2, 0.25) is 0 Å². The third kappa shape index (κ3) is 3.43. The normalized spacial score (nSPS) is 23.0. The molecule has 1 fully saturated rings. The second kappa shape index (κ2) is 6.84. The van der Waals surface area contributed by atoms with Gasteiger partial charge in [-0.15, -0.1) is 11.8 Å². The Morgan fingerprint density at radius 3 is 2.86 bits per heavy atom. The third-order valence-electron chi connectivity index (χ3n) is 4.48. The number of thioether (sulfide) groups is 1. The van der Waals surface area contributed by atoms with E-state index in [0.29, 0.717) is 12.5 Å². The topological polar surface area (TPSA) is 29.5 Å². The molecule has 0 bridgehead atoms. The number of hydrogen-bond donors (Lipinski definition) is 0.